The van der Waals surface area contributed by atoms with Gasteiger partial charge in [0.05, 0.1) is 11.5 Å². The van der Waals surface area contributed by atoms with E-state index in [9.17, 15) is 5.11 Å². The van der Waals surface area contributed by atoms with E-state index in [0.29, 0.717) is 0 Å². The number of aliphatic hydroxyl groups is 1. The molecule has 0 radical (unpaired) electrons. The van der Waals surface area contributed by atoms with E-state index in [1.54, 1.807) is 0 Å². The van der Waals surface area contributed by atoms with Gasteiger partial charge in [0.15, 0.2) is 0 Å². The van der Waals surface area contributed by atoms with Crippen molar-refractivity contribution >= 4 is 0 Å². The average Bonchev–Trinajstić information content (AvgIpc) is 3.06. The molecule has 0 saturated carbocycles. The summed E-state index contributed by atoms with van der Waals surface area (Å²) in [4.78, 5) is 0. The van der Waals surface area contributed by atoms with Crippen molar-refractivity contribution in [3.63, 3.8) is 0 Å². The first-order valence-corrected chi connectivity index (χ1v) is 10.2. The van der Waals surface area contributed by atoms with Crippen molar-refractivity contribution in [3.8, 4) is 11.1 Å². The van der Waals surface area contributed by atoms with Crippen LogP contribution < -0.4 is 0 Å². The summed E-state index contributed by atoms with van der Waals surface area (Å²) >= 11 is 0. The first-order valence-electron chi connectivity index (χ1n) is 10.2. The SMILES string of the molecule is Cc1ccc(C2(c3ccc(C(C)O)cc3)c3ccccc3-c3ccccc32)cc1. The van der Waals surface area contributed by atoms with Gasteiger partial charge in [0.25, 0.3) is 0 Å². The van der Waals surface area contributed by atoms with Crippen LogP contribution in [-0.4, -0.2) is 5.11 Å². The van der Waals surface area contributed by atoms with E-state index in [-0.39, 0.29) is 5.41 Å². The number of hydrogen-bond donors (Lipinski definition) is 1. The van der Waals surface area contributed by atoms with Crippen molar-refractivity contribution in [1.29, 1.82) is 0 Å². The van der Waals surface area contributed by atoms with Crippen LogP contribution in [0.5, 0.6) is 0 Å². The van der Waals surface area contributed by atoms with E-state index in [0.717, 1.165) is 5.56 Å². The number of hydrogen-bond acceptors (Lipinski definition) is 1. The van der Waals surface area contributed by atoms with Crippen molar-refractivity contribution in [2.75, 3.05) is 0 Å². The first kappa shape index (κ1) is 17.9. The van der Waals surface area contributed by atoms with Crippen LogP contribution in [0.15, 0.2) is 97.1 Å². The van der Waals surface area contributed by atoms with Crippen LogP contribution in [0.4, 0.5) is 0 Å². The second kappa shape index (κ2) is 6.72. The third kappa shape index (κ3) is 2.58. The monoisotopic (exact) mass is 376 g/mol. The van der Waals surface area contributed by atoms with E-state index in [1.165, 1.54) is 38.9 Å². The predicted molar refractivity (Wildman–Crippen MR) is 119 cm³/mol. The molecule has 0 aromatic heterocycles. The molecule has 29 heavy (non-hydrogen) atoms. The van der Waals surface area contributed by atoms with Gasteiger partial charge >= 0.3 is 0 Å². The Balaban J connectivity index is 1.88. The maximum absolute atomic E-state index is 10.0. The van der Waals surface area contributed by atoms with Gasteiger partial charge in [-0.05, 0) is 52.8 Å². The molecule has 4 aromatic carbocycles. The maximum atomic E-state index is 10.0. The highest BCUT2D eigenvalue weighted by Gasteiger charge is 2.45. The zero-order valence-corrected chi connectivity index (χ0v) is 16.8. The number of rotatable bonds is 3. The zero-order valence-electron chi connectivity index (χ0n) is 16.8. The summed E-state index contributed by atoms with van der Waals surface area (Å²) < 4.78 is 0. The highest BCUT2D eigenvalue weighted by atomic mass is 16.3. The second-order valence-corrected chi connectivity index (χ2v) is 8.01. The van der Waals surface area contributed by atoms with Gasteiger partial charge in [-0.15, -0.1) is 0 Å². The molecule has 1 unspecified atom stereocenters. The normalized spacial score (nSPS) is 14.9. The summed E-state index contributed by atoms with van der Waals surface area (Å²) in [6.45, 7) is 3.94. The molecule has 0 heterocycles. The second-order valence-electron chi connectivity index (χ2n) is 8.01. The minimum Gasteiger partial charge on any atom is -0.389 e. The van der Waals surface area contributed by atoms with Crippen LogP contribution >= 0.6 is 0 Å². The molecule has 0 fully saturated rings. The number of aliphatic hydroxyl groups excluding tert-OH is 1. The summed E-state index contributed by atoms with van der Waals surface area (Å²) in [5.74, 6) is 0. The molecule has 0 spiro atoms. The van der Waals surface area contributed by atoms with Gasteiger partial charge in [0, 0.05) is 0 Å². The highest BCUT2D eigenvalue weighted by Crippen LogP contribution is 2.55. The smallest absolute Gasteiger partial charge is 0.0761 e. The predicted octanol–water partition coefficient (Wildman–Crippen LogP) is 6.41. The Kier molecular flexibility index (Phi) is 4.15. The molecule has 0 amide bonds. The van der Waals surface area contributed by atoms with Crippen molar-refractivity contribution in [2.45, 2.75) is 25.4 Å². The number of benzene rings is 4. The summed E-state index contributed by atoms with van der Waals surface area (Å²) in [6, 6.07) is 34.9. The lowest BCUT2D eigenvalue weighted by Crippen LogP contribution is -2.28. The fourth-order valence-electron chi connectivity index (χ4n) is 4.84. The lowest BCUT2D eigenvalue weighted by molar-refractivity contribution is 0.199. The van der Waals surface area contributed by atoms with Crippen molar-refractivity contribution < 1.29 is 5.11 Å². The molecule has 1 aliphatic rings. The summed E-state index contributed by atoms with van der Waals surface area (Å²) in [5, 5.41) is 10.0. The van der Waals surface area contributed by atoms with Crippen molar-refractivity contribution in [2.24, 2.45) is 0 Å². The fourth-order valence-corrected chi connectivity index (χ4v) is 4.84. The van der Waals surface area contributed by atoms with E-state index in [2.05, 4.69) is 104 Å². The molecule has 0 aliphatic heterocycles. The van der Waals surface area contributed by atoms with Gasteiger partial charge in [-0.3, -0.25) is 0 Å². The summed E-state index contributed by atoms with van der Waals surface area (Å²) in [6.07, 6.45) is -0.470. The number of fused-ring (bicyclic) bond motifs is 3. The van der Waals surface area contributed by atoms with E-state index in [1.807, 2.05) is 6.92 Å². The highest BCUT2D eigenvalue weighted by molar-refractivity contribution is 5.86. The van der Waals surface area contributed by atoms with Crippen molar-refractivity contribution in [1.82, 2.24) is 0 Å². The Morgan fingerprint density at radius 2 is 1.07 bits per heavy atom. The maximum Gasteiger partial charge on any atom is 0.0761 e. The Morgan fingerprint density at radius 3 is 1.55 bits per heavy atom. The Labute approximate surface area is 172 Å². The average molecular weight is 376 g/mol. The summed E-state index contributed by atoms with van der Waals surface area (Å²) in [5.41, 5.74) is 9.54. The molecule has 4 aromatic rings. The molecule has 0 bridgehead atoms. The topological polar surface area (TPSA) is 20.2 Å². The lowest BCUT2D eigenvalue weighted by Gasteiger charge is -2.34. The van der Waals surface area contributed by atoms with E-state index < -0.39 is 6.10 Å². The number of aryl methyl sites for hydroxylation is 1. The first-order chi connectivity index (χ1) is 14.1. The third-order valence-electron chi connectivity index (χ3n) is 6.26. The Bertz CT molecular complexity index is 1120. The molecular formula is C28H24O. The van der Waals surface area contributed by atoms with E-state index in [4.69, 9.17) is 0 Å². The minimum absolute atomic E-state index is 0.363. The molecule has 142 valence electrons. The molecular weight excluding hydrogens is 352 g/mol. The van der Waals surface area contributed by atoms with Crippen LogP contribution in [0.25, 0.3) is 11.1 Å². The minimum atomic E-state index is -0.470. The third-order valence-corrected chi connectivity index (χ3v) is 6.26. The van der Waals surface area contributed by atoms with E-state index >= 15 is 0 Å². The fraction of sp³-hybridized carbons (Fsp3) is 0.143. The Hall–Kier alpha value is -3.16. The van der Waals surface area contributed by atoms with Gasteiger partial charge in [0.1, 0.15) is 0 Å². The largest absolute Gasteiger partial charge is 0.389 e. The van der Waals surface area contributed by atoms with Crippen LogP contribution in [0, 0.1) is 6.92 Å². The quantitative estimate of drug-likeness (QED) is 0.386. The molecule has 0 saturated heterocycles. The molecule has 5 rings (SSSR count). The van der Waals surface area contributed by atoms with Crippen molar-refractivity contribution in [3.05, 3.63) is 130 Å². The van der Waals surface area contributed by atoms with Crippen LogP contribution in [0.3, 0.4) is 0 Å². The lowest BCUT2D eigenvalue weighted by atomic mass is 9.67. The van der Waals surface area contributed by atoms with Gasteiger partial charge in [-0.1, -0.05) is 103 Å². The summed E-state index contributed by atoms with van der Waals surface area (Å²) in [7, 11) is 0. The zero-order chi connectivity index (χ0) is 20.0. The molecule has 1 aliphatic carbocycles. The van der Waals surface area contributed by atoms with Crippen LogP contribution in [-0.2, 0) is 5.41 Å². The van der Waals surface area contributed by atoms with Gasteiger partial charge in [0.2, 0.25) is 0 Å². The molecule has 1 N–H and O–H groups in total. The molecule has 1 atom stereocenters. The van der Waals surface area contributed by atoms with Gasteiger partial charge in [-0.25, -0.2) is 0 Å². The standard InChI is InChI=1S/C28H24O/c1-19-11-15-22(16-12-19)28(23-17-13-21(14-18-23)20(2)29)26-9-5-3-7-24(26)25-8-4-6-10-27(25)28/h3-18,20,29H,1-2H3. The molecule has 1 heteroatoms. The van der Waals surface area contributed by atoms with Crippen LogP contribution in [0.1, 0.15) is 46.4 Å². The van der Waals surface area contributed by atoms with Gasteiger partial charge < -0.3 is 5.11 Å². The van der Waals surface area contributed by atoms with Crippen LogP contribution in [0.2, 0.25) is 0 Å². The Morgan fingerprint density at radius 1 is 0.621 bits per heavy atom. The van der Waals surface area contributed by atoms with Gasteiger partial charge in [-0.2, -0.15) is 0 Å². The molecule has 1 nitrogen and oxygen atoms in total.